The van der Waals surface area contributed by atoms with Crippen LogP contribution in [0.15, 0.2) is 0 Å². The molecule has 0 aliphatic heterocycles. The molecule has 0 saturated heterocycles. The molecule has 3 nitrogen and oxygen atoms in total. The smallest absolute Gasteiger partial charge is 0.0745 e. The summed E-state index contributed by atoms with van der Waals surface area (Å²) in [6, 6.07) is 0. The number of aliphatic hydroxyl groups excluding tert-OH is 2. The highest BCUT2D eigenvalue weighted by atomic mass is 16.5. The second kappa shape index (κ2) is 9.44. The monoisotopic (exact) mass is 204 g/mol. The van der Waals surface area contributed by atoms with Gasteiger partial charge in [0.2, 0.25) is 0 Å². The molecule has 0 heterocycles. The molecule has 0 radical (unpaired) electrons. The molecule has 2 N–H and O–H groups in total. The Hall–Kier alpha value is -0.120. The van der Waals surface area contributed by atoms with Gasteiger partial charge in [0.05, 0.1) is 18.8 Å². The summed E-state index contributed by atoms with van der Waals surface area (Å²) in [5.74, 6) is 0. The van der Waals surface area contributed by atoms with Crippen LogP contribution in [0.1, 0.15) is 46.0 Å². The number of unbranched alkanes of at least 4 members (excludes halogenated alkanes) is 3. The Morgan fingerprint density at radius 3 is 2.14 bits per heavy atom. The highest BCUT2D eigenvalue weighted by molar-refractivity contribution is 4.49. The van der Waals surface area contributed by atoms with E-state index in [1.54, 1.807) is 6.92 Å². The standard InChI is InChI=1S/C11H24O3/c1-10(12)7-5-3-4-6-8-14-9-11(2)13/h10-13H,3-9H2,1-2H3. The van der Waals surface area contributed by atoms with Crippen LogP contribution in [0.2, 0.25) is 0 Å². The molecule has 0 bridgehead atoms. The minimum atomic E-state index is -0.356. The Morgan fingerprint density at radius 1 is 0.929 bits per heavy atom. The van der Waals surface area contributed by atoms with E-state index in [-0.39, 0.29) is 12.2 Å². The summed E-state index contributed by atoms with van der Waals surface area (Å²) in [5, 5.41) is 17.9. The van der Waals surface area contributed by atoms with Crippen molar-refractivity contribution >= 4 is 0 Å². The number of aliphatic hydroxyl groups is 2. The zero-order chi connectivity index (χ0) is 10.8. The molecular weight excluding hydrogens is 180 g/mol. The van der Waals surface area contributed by atoms with Crippen LogP contribution in [0, 0.1) is 0 Å². The topological polar surface area (TPSA) is 49.7 Å². The van der Waals surface area contributed by atoms with Gasteiger partial charge in [-0.1, -0.05) is 19.3 Å². The molecule has 3 heteroatoms. The summed E-state index contributed by atoms with van der Waals surface area (Å²) in [6.07, 6.45) is 4.82. The van der Waals surface area contributed by atoms with Gasteiger partial charge in [-0.2, -0.15) is 0 Å². The average molecular weight is 204 g/mol. The first kappa shape index (κ1) is 13.9. The summed E-state index contributed by atoms with van der Waals surface area (Å²) in [4.78, 5) is 0. The second-order valence-corrected chi connectivity index (χ2v) is 3.98. The third-order valence-electron chi connectivity index (χ3n) is 2.02. The first-order valence-electron chi connectivity index (χ1n) is 5.56. The van der Waals surface area contributed by atoms with Crippen molar-refractivity contribution in [2.75, 3.05) is 13.2 Å². The van der Waals surface area contributed by atoms with Crippen molar-refractivity contribution in [1.29, 1.82) is 0 Å². The number of ether oxygens (including phenoxy) is 1. The van der Waals surface area contributed by atoms with Gasteiger partial charge in [0.15, 0.2) is 0 Å². The van der Waals surface area contributed by atoms with Gasteiger partial charge in [-0.25, -0.2) is 0 Å². The van der Waals surface area contributed by atoms with Crippen molar-refractivity contribution < 1.29 is 14.9 Å². The molecule has 2 unspecified atom stereocenters. The van der Waals surface area contributed by atoms with E-state index in [4.69, 9.17) is 14.9 Å². The van der Waals surface area contributed by atoms with E-state index in [2.05, 4.69) is 0 Å². The van der Waals surface area contributed by atoms with Crippen molar-refractivity contribution in [3.05, 3.63) is 0 Å². The predicted octanol–water partition coefficient (Wildman–Crippen LogP) is 1.72. The Bertz CT molecular complexity index is 99.1. The normalized spacial score (nSPS) is 15.4. The molecule has 0 aromatic carbocycles. The molecule has 14 heavy (non-hydrogen) atoms. The lowest BCUT2D eigenvalue weighted by Gasteiger charge is -2.06. The fraction of sp³-hybridized carbons (Fsp3) is 1.00. The van der Waals surface area contributed by atoms with Crippen LogP contribution < -0.4 is 0 Å². The minimum Gasteiger partial charge on any atom is -0.393 e. The van der Waals surface area contributed by atoms with Gasteiger partial charge in [0.25, 0.3) is 0 Å². The third-order valence-corrected chi connectivity index (χ3v) is 2.02. The van der Waals surface area contributed by atoms with Gasteiger partial charge in [-0.15, -0.1) is 0 Å². The van der Waals surface area contributed by atoms with E-state index >= 15 is 0 Å². The maximum Gasteiger partial charge on any atom is 0.0745 e. The molecule has 0 aromatic rings. The second-order valence-electron chi connectivity index (χ2n) is 3.98. The molecule has 0 amide bonds. The number of rotatable bonds is 9. The Balaban J connectivity index is 2.92. The van der Waals surface area contributed by atoms with Crippen LogP contribution >= 0.6 is 0 Å². The molecule has 0 rings (SSSR count). The molecule has 0 aromatic heterocycles. The Morgan fingerprint density at radius 2 is 1.57 bits per heavy atom. The van der Waals surface area contributed by atoms with Crippen molar-refractivity contribution in [3.63, 3.8) is 0 Å². The molecule has 0 aliphatic carbocycles. The summed E-state index contributed by atoms with van der Waals surface area (Å²) in [7, 11) is 0. The predicted molar refractivity (Wildman–Crippen MR) is 57.3 cm³/mol. The van der Waals surface area contributed by atoms with Crippen LogP contribution in [-0.4, -0.2) is 35.6 Å². The summed E-state index contributed by atoms with van der Waals surface area (Å²) in [6.45, 7) is 4.72. The number of hydrogen-bond acceptors (Lipinski definition) is 3. The lowest BCUT2D eigenvalue weighted by atomic mass is 10.1. The van der Waals surface area contributed by atoms with E-state index in [0.29, 0.717) is 6.61 Å². The van der Waals surface area contributed by atoms with E-state index in [9.17, 15) is 0 Å². The van der Waals surface area contributed by atoms with E-state index in [0.717, 1.165) is 38.7 Å². The molecule has 0 spiro atoms. The minimum absolute atomic E-state index is 0.165. The maximum atomic E-state index is 9.00. The first-order chi connectivity index (χ1) is 6.63. The van der Waals surface area contributed by atoms with E-state index in [1.165, 1.54) is 0 Å². The van der Waals surface area contributed by atoms with Gasteiger partial charge >= 0.3 is 0 Å². The van der Waals surface area contributed by atoms with Gasteiger partial charge in [-0.3, -0.25) is 0 Å². The third kappa shape index (κ3) is 11.9. The highest BCUT2D eigenvalue weighted by Crippen LogP contribution is 2.05. The molecule has 2 atom stereocenters. The fourth-order valence-electron chi connectivity index (χ4n) is 1.25. The number of hydrogen-bond donors (Lipinski definition) is 2. The van der Waals surface area contributed by atoms with Crippen LogP contribution in [0.3, 0.4) is 0 Å². The lowest BCUT2D eigenvalue weighted by Crippen LogP contribution is -2.10. The fourth-order valence-corrected chi connectivity index (χ4v) is 1.25. The SMILES string of the molecule is CC(O)CCCCCCOCC(C)O. The van der Waals surface area contributed by atoms with Crippen LogP contribution in [0.5, 0.6) is 0 Å². The lowest BCUT2D eigenvalue weighted by molar-refractivity contribution is 0.0444. The Kier molecular flexibility index (Phi) is 9.35. The summed E-state index contributed by atoms with van der Waals surface area (Å²) in [5.41, 5.74) is 0. The van der Waals surface area contributed by atoms with Gasteiger partial charge < -0.3 is 14.9 Å². The van der Waals surface area contributed by atoms with Crippen molar-refractivity contribution in [2.24, 2.45) is 0 Å². The first-order valence-corrected chi connectivity index (χ1v) is 5.56. The van der Waals surface area contributed by atoms with Gasteiger partial charge in [0, 0.05) is 6.61 Å². The van der Waals surface area contributed by atoms with E-state index in [1.807, 2.05) is 6.92 Å². The molecule has 0 saturated carbocycles. The Labute approximate surface area is 87.1 Å². The largest absolute Gasteiger partial charge is 0.393 e. The van der Waals surface area contributed by atoms with Crippen molar-refractivity contribution in [3.8, 4) is 0 Å². The summed E-state index contributed by atoms with van der Waals surface area (Å²) >= 11 is 0. The van der Waals surface area contributed by atoms with Crippen LogP contribution in [0.25, 0.3) is 0 Å². The molecular formula is C11H24O3. The summed E-state index contributed by atoms with van der Waals surface area (Å²) < 4.78 is 5.22. The van der Waals surface area contributed by atoms with Crippen molar-refractivity contribution in [1.82, 2.24) is 0 Å². The molecule has 86 valence electrons. The van der Waals surface area contributed by atoms with Crippen LogP contribution in [0.4, 0.5) is 0 Å². The van der Waals surface area contributed by atoms with Crippen molar-refractivity contribution in [2.45, 2.75) is 58.2 Å². The molecule has 0 fully saturated rings. The maximum absolute atomic E-state index is 9.00. The zero-order valence-corrected chi connectivity index (χ0v) is 9.41. The van der Waals surface area contributed by atoms with E-state index < -0.39 is 0 Å². The van der Waals surface area contributed by atoms with Gasteiger partial charge in [-0.05, 0) is 26.7 Å². The highest BCUT2D eigenvalue weighted by Gasteiger charge is 1.97. The van der Waals surface area contributed by atoms with Crippen LogP contribution in [-0.2, 0) is 4.74 Å². The average Bonchev–Trinajstić information content (AvgIpc) is 2.08. The quantitative estimate of drug-likeness (QED) is 0.562. The molecule has 0 aliphatic rings. The zero-order valence-electron chi connectivity index (χ0n) is 9.41. The van der Waals surface area contributed by atoms with Gasteiger partial charge in [0.1, 0.15) is 0 Å².